The van der Waals surface area contributed by atoms with E-state index in [1.165, 1.54) is 0 Å². The highest BCUT2D eigenvalue weighted by Gasteiger charge is 2.43. The van der Waals surface area contributed by atoms with E-state index in [2.05, 4.69) is 16.8 Å². The number of rotatable bonds is 16. The molecule has 0 aliphatic carbocycles. The molecule has 2 fully saturated rings. The second-order valence-corrected chi connectivity index (χ2v) is 12.1. The number of aliphatic hydroxyl groups is 2. The van der Waals surface area contributed by atoms with Gasteiger partial charge in [0.25, 0.3) is 0 Å². The van der Waals surface area contributed by atoms with Crippen molar-refractivity contribution in [1.82, 2.24) is 9.80 Å². The van der Waals surface area contributed by atoms with Gasteiger partial charge >= 0.3 is 17.9 Å². The van der Waals surface area contributed by atoms with Crippen LogP contribution < -0.4 is 5.32 Å². The topological polar surface area (TPSA) is 175 Å². The number of hydrogen-bond donors (Lipinski definition) is 4. The van der Waals surface area contributed by atoms with Crippen molar-refractivity contribution < 1.29 is 48.7 Å². The molecule has 45 heavy (non-hydrogen) atoms. The van der Waals surface area contributed by atoms with Crippen molar-refractivity contribution >= 4 is 29.5 Å². The SMILES string of the molecule is C=CC(=O)OCC(C)(C)C(O)C(O)N1CCCC[C@H]1C(=O)O[C@H](CCN1CCOCC1)c1cccc(NC(=O)CCC(=O)O)c1. The first-order valence-corrected chi connectivity index (χ1v) is 15.4. The zero-order chi connectivity index (χ0) is 33.0. The average Bonchev–Trinajstić information content (AvgIpc) is 3.04. The lowest BCUT2D eigenvalue weighted by Crippen LogP contribution is -2.58. The third-order valence-electron chi connectivity index (χ3n) is 8.17. The maximum atomic E-state index is 13.8. The summed E-state index contributed by atoms with van der Waals surface area (Å²) in [5.41, 5.74) is 0.0771. The lowest BCUT2D eigenvalue weighted by atomic mass is 9.85. The Balaban J connectivity index is 1.77. The van der Waals surface area contributed by atoms with Crippen LogP contribution in [0.5, 0.6) is 0 Å². The van der Waals surface area contributed by atoms with Gasteiger partial charge in [0.1, 0.15) is 24.5 Å². The summed E-state index contributed by atoms with van der Waals surface area (Å²) in [7, 11) is 0. The number of nitrogens with one attached hydrogen (secondary N) is 1. The number of hydrogen-bond acceptors (Lipinski definition) is 11. The highest BCUT2D eigenvalue weighted by molar-refractivity contribution is 5.92. The summed E-state index contributed by atoms with van der Waals surface area (Å²) in [5.74, 6) is -2.69. The zero-order valence-electron chi connectivity index (χ0n) is 26.2. The van der Waals surface area contributed by atoms with Gasteiger partial charge in [-0.1, -0.05) is 39.0 Å². The molecule has 4 atom stereocenters. The molecule has 0 saturated carbocycles. The smallest absolute Gasteiger partial charge is 0.330 e. The van der Waals surface area contributed by atoms with Crippen LogP contribution in [0, 0.1) is 5.41 Å². The van der Waals surface area contributed by atoms with Crippen LogP contribution in [-0.4, -0.2) is 113 Å². The van der Waals surface area contributed by atoms with Crippen LogP contribution in [0.25, 0.3) is 0 Å². The fraction of sp³-hybridized carbons (Fsp3) is 0.625. The number of carbonyl (C=O) groups excluding carboxylic acids is 3. The molecule has 1 amide bonds. The van der Waals surface area contributed by atoms with Crippen LogP contribution in [0.2, 0.25) is 0 Å². The molecule has 0 spiro atoms. The molecule has 0 bridgehead atoms. The van der Waals surface area contributed by atoms with Gasteiger partial charge < -0.3 is 34.8 Å². The fourth-order valence-corrected chi connectivity index (χ4v) is 5.41. The van der Waals surface area contributed by atoms with Gasteiger partial charge in [-0.25, -0.2) is 4.79 Å². The Bertz CT molecular complexity index is 1170. The Morgan fingerprint density at radius 1 is 1.13 bits per heavy atom. The summed E-state index contributed by atoms with van der Waals surface area (Å²) in [4.78, 5) is 52.3. The summed E-state index contributed by atoms with van der Waals surface area (Å²) in [5, 5.41) is 33.9. The molecule has 2 aliphatic rings. The summed E-state index contributed by atoms with van der Waals surface area (Å²) in [6.07, 6.45) is -0.565. The zero-order valence-corrected chi connectivity index (χ0v) is 26.2. The highest BCUT2D eigenvalue weighted by Crippen LogP contribution is 2.31. The van der Waals surface area contributed by atoms with Crippen LogP contribution >= 0.6 is 0 Å². The Morgan fingerprint density at radius 2 is 1.87 bits per heavy atom. The van der Waals surface area contributed by atoms with E-state index < -0.39 is 53.7 Å². The minimum absolute atomic E-state index is 0.161. The van der Waals surface area contributed by atoms with E-state index in [9.17, 15) is 29.4 Å². The van der Waals surface area contributed by atoms with Crippen LogP contribution in [0.3, 0.4) is 0 Å². The second-order valence-electron chi connectivity index (χ2n) is 12.1. The Kier molecular flexibility index (Phi) is 13.9. The van der Waals surface area contributed by atoms with E-state index in [0.29, 0.717) is 56.8 Å². The highest BCUT2D eigenvalue weighted by atomic mass is 16.5. The molecule has 2 heterocycles. The Labute approximate surface area is 264 Å². The van der Waals surface area contributed by atoms with E-state index in [1.807, 2.05) is 0 Å². The number of morpholine rings is 1. The van der Waals surface area contributed by atoms with Crippen molar-refractivity contribution in [2.45, 2.75) is 76.9 Å². The molecule has 3 rings (SSSR count). The van der Waals surface area contributed by atoms with Crippen molar-refractivity contribution in [3.8, 4) is 0 Å². The lowest BCUT2D eigenvalue weighted by molar-refractivity contribution is -0.182. The van der Waals surface area contributed by atoms with Gasteiger partial charge in [0, 0.05) is 56.2 Å². The minimum Gasteiger partial charge on any atom is -0.481 e. The number of aliphatic hydroxyl groups excluding tert-OH is 2. The van der Waals surface area contributed by atoms with Gasteiger partial charge in [-0.15, -0.1) is 0 Å². The number of piperidine rings is 1. The van der Waals surface area contributed by atoms with Gasteiger partial charge in [-0.3, -0.25) is 24.2 Å². The predicted molar refractivity (Wildman–Crippen MR) is 164 cm³/mol. The van der Waals surface area contributed by atoms with E-state index in [-0.39, 0.29) is 19.4 Å². The lowest BCUT2D eigenvalue weighted by Gasteiger charge is -2.43. The van der Waals surface area contributed by atoms with Gasteiger partial charge in [0.05, 0.1) is 26.2 Å². The number of anilines is 1. The molecule has 2 saturated heterocycles. The third kappa shape index (κ3) is 11.2. The van der Waals surface area contributed by atoms with E-state index in [1.54, 1.807) is 43.0 Å². The number of ether oxygens (including phenoxy) is 3. The number of amides is 1. The molecule has 13 nitrogen and oxygen atoms in total. The monoisotopic (exact) mass is 633 g/mol. The molecule has 1 aromatic carbocycles. The molecule has 0 aromatic heterocycles. The van der Waals surface area contributed by atoms with Gasteiger partial charge in [-0.05, 0) is 30.5 Å². The average molecular weight is 634 g/mol. The Morgan fingerprint density at radius 3 is 2.56 bits per heavy atom. The van der Waals surface area contributed by atoms with E-state index >= 15 is 0 Å². The molecule has 2 aliphatic heterocycles. The number of carboxylic acid groups (broad SMARTS) is 1. The minimum atomic E-state index is -1.42. The quantitative estimate of drug-likeness (QED) is 0.154. The molecule has 4 N–H and O–H groups in total. The van der Waals surface area contributed by atoms with Crippen LogP contribution in [0.15, 0.2) is 36.9 Å². The maximum Gasteiger partial charge on any atom is 0.330 e. The standard InChI is InChI=1S/C32H47N3O10/c1-4-28(39)44-21-32(2,3)29(40)30(41)35-14-6-5-10-24(35)31(42)45-25(13-15-34-16-18-43-19-17-34)22-8-7-9-23(20-22)33-26(36)11-12-27(37)38/h4,7-9,20,24-25,29-30,40-41H,1,5-6,10-19,21H2,2-3H3,(H,33,36)(H,37,38)/t24-,25+,29?,30?/m0/s1. The summed E-state index contributed by atoms with van der Waals surface area (Å²) < 4.78 is 16.7. The van der Waals surface area contributed by atoms with Crippen molar-refractivity contribution in [1.29, 1.82) is 0 Å². The number of aliphatic carboxylic acids is 1. The van der Waals surface area contributed by atoms with Crippen molar-refractivity contribution in [2.75, 3.05) is 51.3 Å². The number of benzene rings is 1. The predicted octanol–water partition coefficient (Wildman–Crippen LogP) is 2.09. The Hall–Kier alpha value is -3.36. The summed E-state index contributed by atoms with van der Waals surface area (Å²) >= 11 is 0. The van der Waals surface area contributed by atoms with Crippen LogP contribution in [-0.2, 0) is 33.4 Å². The van der Waals surface area contributed by atoms with Crippen molar-refractivity contribution in [2.24, 2.45) is 5.41 Å². The third-order valence-corrected chi connectivity index (χ3v) is 8.17. The summed E-state index contributed by atoms with van der Waals surface area (Å²) in [6.45, 7) is 10.2. The van der Waals surface area contributed by atoms with Crippen LogP contribution in [0.1, 0.15) is 64.0 Å². The number of nitrogens with zero attached hydrogens (tertiary/aromatic N) is 2. The molecule has 0 radical (unpaired) electrons. The van der Waals surface area contributed by atoms with Crippen molar-refractivity contribution in [3.63, 3.8) is 0 Å². The van der Waals surface area contributed by atoms with Gasteiger partial charge in [0.15, 0.2) is 0 Å². The molecule has 13 heteroatoms. The normalized spacial score (nSPS) is 20.0. The number of likely N-dealkylation sites (tertiary alicyclic amines) is 1. The number of carbonyl (C=O) groups is 4. The largest absolute Gasteiger partial charge is 0.481 e. The van der Waals surface area contributed by atoms with Gasteiger partial charge in [-0.2, -0.15) is 0 Å². The summed E-state index contributed by atoms with van der Waals surface area (Å²) in [6, 6.07) is 6.10. The molecule has 250 valence electrons. The first-order valence-electron chi connectivity index (χ1n) is 15.4. The van der Waals surface area contributed by atoms with Gasteiger partial charge in [0.2, 0.25) is 5.91 Å². The fourth-order valence-electron chi connectivity index (χ4n) is 5.41. The van der Waals surface area contributed by atoms with E-state index in [0.717, 1.165) is 25.6 Å². The first-order chi connectivity index (χ1) is 21.4. The molecule has 1 aromatic rings. The molecule has 2 unspecified atom stereocenters. The molecular weight excluding hydrogens is 586 g/mol. The molecular formula is C32H47N3O10. The van der Waals surface area contributed by atoms with Crippen molar-refractivity contribution in [3.05, 3.63) is 42.5 Å². The first kappa shape index (κ1) is 36.1. The van der Waals surface area contributed by atoms with E-state index in [4.69, 9.17) is 19.3 Å². The number of esters is 2. The maximum absolute atomic E-state index is 13.8. The number of carboxylic acids is 1. The second kappa shape index (κ2) is 17.4. The van der Waals surface area contributed by atoms with Crippen LogP contribution in [0.4, 0.5) is 5.69 Å².